The number of rotatable bonds is 2. The summed E-state index contributed by atoms with van der Waals surface area (Å²) in [5, 5.41) is 4.56. The average Bonchev–Trinajstić information content (AvgIpc) is 3.06. The number of carbonyl (C=O) groups is 1. The van der Waals surface area contributed by atoms with Crippen LogP contribution in [0.3, 0.4) is 0 Å². The van der Waals surface area contributed by atoms with Gasteiger partial charge >= 0.3 is 6.03 Å². The van der Waals surface area contributed by atoms with Gasteiger partial charge in [-0.1, -0.05) is 36.4 Å². The first-order valence-corrected chi connectivity index (χ1v) is 8.39. The van der Waals surface area contributed by atoms with E-state index in [-0.39, 0.29) is 17.9 Å². The number of nitrogens with two attached hydrogens (primary N) is 1. The molecule has 0 aromatic heterocycles. The van der Waals surface area contributed by atoms with E-state index in [0.29, 0.717) is 19.1 Å². The first-order chi connectivity index (χ1) is 11.7. The molecule has 6 nitrogen and oxygen atoms in total. The zero-order valence-corrected chi connectivity index (χ0v) is 13.4. The number of carbonyl (C=O) groups excluding carboxylic acids is 1. The third kappa shape index (κ3) is 2.68. The van der Waals surface area contributed by atoms with E-state index in [1.807, 2.05) is 24.4 Å². The largest absolute Gasteiger partial charge is 0.351 e. The average molecular weight is 323 g/mol. The predicted molar refractivity (Wildman–Crippen MR) is 94.6 cm³/mol. The molecule has 4 rings (SSSR count). The lowest BCUT2D eigenvalue weighted by atomic mass is 9.82. The van der Waals surface area contributed by atoms with E-state index in [9.17, 15) is 4.79 Å². The van der Waals surface area contributed by atoms with Gasteiger partial charge in [-0.3, -0.25) is 4.99 Å². The second-order valence-electron chi connectivity index (χ2n) is 6.53. The molecule has 24 heavy (non-hydrogen) atoms. The monoisotopic (exact) mass is 323 g/mol. The number of allylic oxidation sites excluding steroid dienone is 1. The van der Waals surface area contributed by atoms with E-state index >= 15 is 0 Å². The highest BCUT2D eigenvalue weighted by atomic mass is 16.2. The van der Waals surface area contributed by atoms with Gasteiger partial charge in [0.15, 0.2) is 0 Å². The maximum atomic E-state index is 11.5. The number of urea groups is 1. The fourth-order valence-electron chi connectivity index (χ4n) is 3.73. The molecule has 124 valence electrons. The van der Waals surface area contributed by atoms with Crippen LogP contribution in [0.2, 0.25) is 0 Å². The standard InChI is InChI=1S/C18H21N5O/c19-18(24)23-9-8-16-14(11-23)17(22-21-16)13-6-7-15(20-10-13)12-4-2-1-3-5-12/h1-5,7,10,13-14,16,21H,6,8-9,11H2,(H2,19,24)/t13?,14-,16?/m1/s1. The molecule has 2 unspecified atom stereocenters. The number of piperidine rings is 1. The number of fused-ring (bicyclic) bond motifs is 1. The van der Waals surface area contributed by atoms with E-state index in [1.54, 1.807) is 4.90 Å². The number of benzene rings is 1. The summed E-state index contributed by atoms with van der Waals surface area (Å²) >= 11 is 0. The Labute approximate surface area is 141 Å². The van der Waals surface area contributed by atoms with Crippen molar-refractivity contribution >= 4 is 23.7 Å². The van der Waals surface area contributed by atoms with Crippen molar-refractivity contribution in [3.8, 4) is 0 Å². The number of primary amides is 1. The van der Waals surface area contributed by atoms with Crippen molar-refractivity contribution in [3.05, 3.63) is 42.0 Å². The fraction of sp³-hybridized carbons (Fsp3) is 0.389. The van der Waals surface area contributed by atoms with Gasteiger partial charge in [0.05, 0.1) is 17.5 Å². The first kappa shape index (κ1) is 14.9. The smallest absolute Gasteiger partial charge is 0.314 e. The van der Waals surface area contributed by atoms with Crippen LogP contribution in [-0.2, 0) is 0 Å². The number of hydrazone groups is 1. The maximum absolute atomic E-state index is 11.5. The van der Waals surface area contributed by atoms with Gasteiger partial charge < -0.3 is 16.1 Å². The molecule has 6 heteroatoms. The van der Waals surface area contributed by atoms with Gasteiger partial charge in [0.1, 0.15) is 0 Å². The van der Waals surface area contributed by atoms with Crippen molar-refractivity contribution in [1.82, 2.24) is 10.3 Å². The van der Waals surface area contributed by atoms with E-state index < -0.39 is 0 Å². The van der Waals surface area contributed by atoms with Crippen LogP contribution >= 0.6 is 0 Å². The van der Waals surface area contributed by atoms with E-state index in [2.05, 4.69) is 33.7 Å². The number of hydrogen-bond donors (Lipinski definition) is 2. The van der Waals surface area contributed by atoms with Crippen LogP contribution < -0.4 is 11.2 Å². The van der Waals surface area contributed by atoms with Crippen molar-refractivity contribution in [1.29, 1.82) is 0 Å². The number of nitrogens with one attached hydrogen (secondary N) is 1. The number of aliphatic imine (C=N–C) groups is 1. The Morgan fingerprint density at radius 2 is 2.12 bits per heavy atom. The molecule has 0 spiro atoms. The van der Waals surface area contributed by atoms with Crippen molar-refractivity contribution in [2.75, 3.05) is 13.1 Å². The Morgan fingerprint density at radius 3 is 2.83 bits per heavy atom. The first-order valence-electron chi connectivity index (χ1n) is 8.39. The van der Waals surface area contributed by atoms with Crippen molar-refractivity contribution in [2.24, 2.45) is 27.7 Å². The molecule has 3 aliphatic rings. The molecule has 3 heterocycles. The van der Waals surface area contributed by atoms with Gasteiger partial charge in [-0.15, -0.1) is 0 Å². The Balaban J connectivity index is 1.47. The Kier molecular flexibility index (Phi) is 3.80. The van der Waals surface area contributed by atoms with Crippen LogP contribution in [0.1, 0.15) is 18.4 Å². The summed E-state index contributed by atoms with van der Waals surface area (Å²) in [6.45, 7) is 1.34. The van der Waals surface area contributed by atoms with Crippen LogP contribution in [-0.4, -0.2) is 42.0 Å². The van der Waals surface area contributed by atoms with Crippen molar-refractivity contribution in [3.63, 3.8) is 0 Å². The van der Waals surface area contributed by atoms with Gasteiger partial charge in [-0.25, -0.2) is 4.79 Å². The number of amides is 2. The Morgan fingerprint density at radius 1 is 1.29 bits per heavy atom. The highest BCUT2D eigenvalue weighted by molar-refractivity contribution is 6.03. The zero-order chi connectivity index (χ0) is 16.5. The van der Waals surface area contributed by atoms with Gasteiger partial charge in [-0.2, -0.15) is 5.10 Å². The summed E-state index contributed by atoms with van der Waals surface area (Å²) in [6.07, 6.45) is 5.93. The minimum atomic E-state index is -0.344. The summed E-state index contributed by atoms with van der Waals surface area (Å²) in [4.78, 5) is 17.8. The predicted octanol–water partition coefficient (Wildman–Crippen LogP) is 1.85. The summed E-state index contributed by atoms with van der Waals surface area (Å²) in [6, 6.07) is 10.2. The molecule has 2 amide bonds. The fourth-order valence-corrected chi connectivity index (χ4v) is 3.73. The molecule has 3 aliphatic heterocycles. The van der Waals surface area contributed by atoms with Gasteiger partial charge in [0.25, 0.3) is 0 Å². The molecule has 1 saturated heterocycles. The van der Waals surface area contributed by atoms with E-state index in [1.165, 1.54) is 0 Å². The highest BCUT2D eigenvalue weighted by Gasteiger charge is 2.40. The Hall–Kier alpha value is -2.63. The zero-order valence-electron chi connectivity index (χ0n) is 13.4. The van der Waals surface area contributed by atoms with E-state index in [0.717, 1.165) is 29.8 Å². The molecule has 3 atom stereocenters. The number of hydrogen-bond acceptors (Lipinski definition) is 4. The van der Waals surface area contributed by atoms with Gasteiger partial charge in [-0.05, 0) is 18.4 Å². The van der Waals surface area contributed by atoms with Crippen LogP contribution in [0.4, 0.5) is 4.79 Å². The van der Waals surface area contributed by atoms with Crippen LogP contribution in [0.5, 0.6) is 0 Å². The quantitative estimate of drug-likeness (QED) is 0.870. The number of likely N-dealkylation sites (tertiary alicyclic amines) is 1. The molecule has 1 aromatic rings. The molecule has 0 radical (unpaired) electrons. The second-order valence-corrected chi connectivity index (χ2v) is 6.53. The SMILES string of the molecule is NC(=O)N1CCC2NN=C(C3C=NC(c4ccccc4)=CC3)[C@@H]2C1. The normalized spacial score (nSPS) is 28.7. The molecule has 0 bridgehead atoms. The molecule has 1 aromatic carbocycles. The lowest BCUT2D eigenvalue weighted by Gasteiger charge is -2.35. The molecule has 0 saturated carbocycles. The topological polar surface area (TPSA) is 83.1 Å². The highest BCUT2D eigenvalue weighted by Crippen LogP contribution is 2.30. The lowest BCUT2D eigenvalue weighted by Crippen LogP contribution is -2.51. The summed E-state index contributed by atoms with van der Waals surface area (Å²) < 4.78 is 0. The van der Waals surface area contributed by atoms with Crippen LogP contribution in [0.15, 0.2) is 46.5 Å². The molecular formula is C18H21N5O. The third-order valence-corrected chi connectivity index (χ3v) is 5.07. The minimum absolute atomic E-state index is 0.188. The van der Waals surface area contributed by atoms with Gasteiger partial charge in [0.2, 0.25) is 0 Å². The van der Waals surface area contributed by atoms with Crippen molar-refractivity contribution < 1.29 is 4.79 Å². The maximum Gasteiger partial charge on any atom is 0.314 e. The summed E-state index contributed by atoms with van der Waals surface area (Å²) in [5.74, 6) is 0.419. The van der Waals surface area contributed by atoms with Crippen LogP contribution in [0, 0.1) is 11.8 Å². The molecule has 3 N–H and O–H groups in total. The van der Waals surface area contributed by atoms with Gasteiger partial charge in [0, 0.05) is 31.1 Å². The molecule has 0 aliphatic carbocycles. The minimum Gasteiger partial charge on any atom is -0.351 e. The number of nitrogens with zero attached hydrogens (tertiary/aromatic N) is 3. The Bertz CT molecular complexity index is 724. The third-order valence-electron chi connectivity index (χ3n) is 5.07. The lowest BCUT2D eigenvalue weighted by molar-refractivity contribution is 0.176. The second kappa shape index (κ2) is 6.11. The van der Waals surface area contributed by atoms with Crippen LogP contribution in [0.25, 0.3) is 5.70 Å². The van der Waals surface area contributed by atoms with Crippen molar-refractivity contribution in [2.45, 2.75) is 18.9 Å². The molecular weight excluding hydrogens is 302 g/mol. The van der Waals surface area contributed by atoms with E-state index in [4.69, 9.17) is 5.73 Å². The summed E-state index contributed by atoms with van der Waals surface area (Å²) in [5.41, 5.74) is 11.9. The molecule has 1 fully saturated rings. The summed E-state index contributed by atoms with van der Waals surface area (Å²) in [7, 11) is 0.